The van der Waals surface area contributed by atoms with Gasteiger partial charge in [-0.05, 0) is 37.4 Å². The van der Waals surface area contributed by atoms with E-state index in [1.165, 1.54) is 14.2 Å². The summed E-state index contributed by atoms with van der Waals surface area (Å²) in [6.07, 6.45) is 2.75. The third kappa shape index (κ3) is 2.06. The monoisotopic (exact) mass is 428 g/mol. The number of methoxy groups -OCH3 is 3. The number of fused-ring (bicyclic) bond motifs is 3. The average Bonchev–Trinajstić information content (AvgIpc) is 3.37. The standard InChI is InChI=1S/C23H28N2O6/c1-5-22-9-11(20(27)30-4)18-23(6-7-25(21(22)23)10-14-19(22)31-14)12-8-13(26)16(28-2)17(29-3)15(12)24-18/h8,14,19,21,24,26H,5-7,9-10H2,1-4H3/t14-,19-,21+,22-,23+/m1/s1. The van der Waals surface area contributed by atoms with Gasteiger partial charge in [0.05, 0.1) is 50.2 Å². The zero-order chi connectivity index (χ0) is 21.7. The zero-order valence-corrected chi connectivity index (χ0v) is 18.3. The van der Waals surface area contributed by atoms with Gasteiger partial charge in [0.2, 0.25) is 5.75 Å². The molecule has 166 valence electrons. The molecule has 31 heavy (non-hydrogen) atoms. The molecule has 6 rings (SSSR count). The molecule has 3 fully saturated rings. The Morgan fingerprint density at radius 1 is 1.32 bits per heavy atom. The first kappa shape index (κ1) is 19.3. The number of hydrogen-bond acceptors (Lipinski definition) is 8. The highest BCUT2D eigenvalue weighted by atomic mass is 16.6. The summed E-state index contributed by atoms with van der Waals surface area (Å²) >= 11 is 0. The molecule has 1 aliphatic carbocycles. The molecule has 5 aliphatic rings. The van der Waals surface area contributed by atoms with Crippen LogP contribution >= 0.6 is 0 Å². The smallest absolute Gasteiger partial charge is 0.335 e. The van der Waals surface area contributed by atoms with Crippen LogP contribution in [-0.2, 0) is 19.7 Å². The number of anilines is 1. The van der Waals surface area contributed by atoms with Crippen molar-refractivity contribution in [3.05, 3.63) is 22.9 Å². The molecule has 3 saturated heterocycles. The van der Waals surface area contributed by atoms with Crippen molar-refractivity contribution in [3.8, 4) is 17.2 Å². The predicted octanol–water partition coefficient (Wildman–Crippen LogP) is 2.16. The number of epoxide rings is 1. The number of nitrogens with zero attached hydrogens (tertiary/aromatic N) is 1. The van der Waals surface area contributed by atoms with Gasteiger partial charge in [0.1, 0.15) is 0 Å². The lowest BCUT2D eigenvalue weighted by atomic mass is 9.53. The number of ether oxygens (including phenoxy) is 4. The first-order valence-electron chi connectivity index (χ1n) is 10.9. The highest BCUT2D eigenvalue weighted by Gasteiger charge is 2.74. The van der Waals surface area contributed by atoms with Crippen molar-refractivity contribution in [3.63, 3.8) is 0 Å². The van der Waals surface area contributed by atoms with Crippen molar-refractivity contribution in [1.29, 1.82) is 0 Å². The van der Waals surface area contributed by atoms with Crippen LogP contribution in [0.5, 0.6) is 17.2 Å². The summed E-state index contributed by atoms with van der Waals surface area (Å²) in [6.45, 7) is 4.02. The van der Waals surface area contributed by atoms with Crippen LogP contribution in [0.4, 0.5) is 5.69 Å². The molecule has 1 aromatic carbocycles. The van der Waals surface area contributed by atoms with E-state index in [0.29, 0.717) is 17.7 Å². The maximum Gasteiger partial charge on any atom is 0.335 e. The average molecular weight is 428 g/mol. The molecular weight excluding hydrogens is 400 g/mol. The highest BCUT2D eigenvalue weighted by molar-refractivity contribution is 5.94. The molecule has 0 saturated carbocycles. The second-order valence-electron chi connectivity index (χ2n) is 9.33. The lowest BCUT2D eigenvalue weighted by molar-refractivity contribution is -0.137. The highest BCUT2D eigenvalue weighted by Crippen LogP contribution is 2.69. The summed E-state index contributed by atoms with van der Waals surface area (Å²) in [7, 11) is 4.51. The number of carbonyl (C=O) groups is 1. The summed E-state index contributed by atoms with van der Waals surface area (Å²) in [4.78, 5) is 15.6. The van der Waals surface area contributed by atoms with Gasteiger partial charge < -0.3 is 29.4 Å². The number of piperidine rings is 1. The van der Waals surface area contributed by atoms with Crippen LogP contribution in [-0.4, -0.2) is 68.6 Å². The van der Waals surface area contributed by atoms with Crippen LogP contribution in [0.3, 0.4) is 0 Å². The second-order valence-corrected chi connectivity index (χ2v) is 9.33. The zero-order valence-electron chi connectivity index (χ0n) is 18.3. The maximum absolute atomic E-state index is 13.0. The Balaban J connectivity index is 1.67. The molecule has 8 nitrogen and oxygen atoms in total. The van der Waals surface area contributed by atoms with Gasteiger partial charge in [-0.25, -0.2) is 4.79 Å². The summed E-state index contributed by atoms with van der Waals surface area (Å²) in [5, 5.41) is 14.4. The second kappa shape index (κ2) is 6.07. The third-order valence-electron chi connectivity index (χ3n) is 8.43. The molecule has 1 aromatic rings. The van der Waals surface area contributed by atoms with E-state index in [1.807, 2.05) is 0 Å². The number of esters is 1. The van der Waals surface area contributed by atoms with E-state index in [9.17, 15) is 9.90 Å². The van der Waals surface area contributed by atoms with Crippen LogP contribution < -0.4 is 14.8 Å². The number of nitrogens with one attached hydrogen (secondary N) is 1. The number of hydrogen-bond donors (Lipinski definition) is 2. The fourth-order valence-corrected chi connectivity index (χ4v) is 7.31. The van der Waals surface area contributed by atoms with E-state index in [0.717, 1.165) is 42.9 Å². The topological polar surface area (TPSA) is 92.8 Å². The normalized spacial score (nSPS) is 36.7. The lowest BCUT2D eigenvalue weighted by Gasteiger charge is -2.54. The van der Waals surface area contributed by atoms with Crippen LogP contribution in [0, 0.1) is 5.41 Å². The number of carbonyl (C=O) groups excluding carboxylic acids is 1. The molecule has 0 unspecified atom stereocenters. The fraction of sp³-hybridized carbons (Fsp3) is 0.609. The molecular formula is C23H28N2O6. The summed E-state index contributed by atoms with van der Waals surface area (Å²) < 4.78 is 22.5. The Hall–Kier alpha value is -2.45. The van der Waals surface area contributed by atoms with E-state index < -0.39 is 5.41 Å². The van der Waals surface area contributed by atoms with E-state index in [1.54, 1.807) is 13.2 Å². The predicted molar refractivity (Wildman–Crippen MR) is 112 cm³/mol. The van der Waals surface area contributed by atoms with Gasteiger partial charge in [0.15, 0.2) is 11.5 Å². The molecule has 8 heteroatoms. The Kier molecular flexibility index (Phi) is 3.77. The Morgan fingerprint density at radius 2 is 2.10 bits per heavy atom. The maximum atomic E-state index is 13.0. The Morgan fingerprint density at radius 3 is 2.77 bits per heavy atom. The van der Waals surface area contributed by atoms with Crippen LogP contribution in [0.1, 0.15) is 31.7 Å². The van der Waals surface area contributed by atoms with Crippen LogP contribution in [0.25, 0.3) is 0 Å². The van der Waals surface area contributed by atoms with Gasteiger partial charge >= 0.3 is 5.97 Å². The van der Waals surface area contributed by atoms with E-state index in [-0.39, 0.29) is 41.1 Å². The number of rotatable bonds is 4. The number of phenols is 1. The Labute approximate surface area is 181 Å². The largest absolute Gasteiger partial charge is 0.504 e. The third-order valence-corrected chi connectivity index (χ3v) is 8.43. The minimum absolute atomic E-state index is 0.0395. The van der Waals surface area contributed by atoms with E-state index in [2.05, 4.69) is 17.1 Å². The van der Waals surface area contributed by atoms with Gasteiger partial charge in [0, 0.05) is 23.7 Å². The first-order chi connectivity index (χ1) is 15.0. The van der Waals surface area contributed by atoms with E-state index in [4.69, 9.17) is 18.9 Å². The minimum atomic E-state index is -0.457. The number of benzene rings is 1. The van der Waals surface area contributed by atoms with E-state index >= 15 is 0 Å². The number of aromatic hydroxyl groups is 1. The van der Waals surface area contributed by atoms with Crippen molar-refractivity contribution >= 4 is 11.7 Å². The molecule has 4 aliphatic heterocycles. The summed E-state index contributed by atoms with van der Waals surface area (Å²) in [5.74, 6) is 0.472. The van der Waals surface area contributed by atoms with Gasteiger partial charge in [-0.15, -0.1) is 0 Å². The van der Waals surface area contributed by atoms with Crippen molar-refractivity contribution in [2.45, 2.75) is 49.9 Å². The van der Waals surface area contributed by atoms with Crippen molar-refractivity contribution in [1.82, 2.24) is 4.90 Å². The van der Waals surface area contributed by atoms with Crippen molar-refractivity contribution in [2.24, 2.45) is 5.41 Å². The molecule has 4 heterocycles. The first-order valence-corrected chi connectivity index (χ1v) is 10.9. The van der Waals surface area contributed by atoms with Crippen LogP contribution in [0.2, 0.25) is 0 Å². The molecule has 5 atom stereocenters. The summed E-state index contributed by atoms with van der Waals surface area (Å²) in [6, 6.07) is 1.96. The molecule has 0 radical (unpaired) electrons. The van der Waals surface area contributed by atoms with Gasteiger partial charge in [-0.3, -0.25) is 4.90 Å². The fourth-order valence-electron chi connectivity index (χ4n) is 7.31. The van der Waals surface area contributed by atoms with Gasteiger partial charge in [-0.2, -0.15) is 0 Å². The number of phenolic OH excluding ortho intramolecular Hbond substituents is 1. The van der Waals surface area contributed by atoms with Crippen molar-refractivity contribution < 1.29 is 28.8 Å². The van der Waals surface area contributed by atoms with Gasteiger partial charge in [-0.1, -0.05) is 6.92 Å². The quantitative estimate of drug-likeness (QED) is 0.428. The molecule has 0 aromatic heterocycles. The Bertz CT molecular complexity index is 1040. The molecule has 2 N–H and O–H groups in total. The van der Waals surface area contributed by atoms with Crippen LogP contribution in [0.15, 0.2) is 17.3 Å². The summed E-state index contributed by atoms with van der Waals surface area (Å²) in [5.41, 5.74) is 2.65. The molecule has 0 amide bonds. The van der Waals surface area contributed by atoms with Gasteiger partial charge in [0.25, 0.3) is 0 Å². The van der Waals surface area contributed by atoms with Crippen molar-refractivity contribution in [2.75, 3.05) is 39.7 Å². The minimum Gasteiger partial charge on any atom is -0.504 e. The lowest BCUT2D eigenvalue weighted by Crippen LogP contribution is -2.63. The SMILES string of the molecule is CC[C@@]12CC(C(=O)OC)=C3Nc4c(cc(O)c(OC)c4OC)[C@@]34CCN(C[C@H]3O[C@H]31)[C@@H]24. The molecule has 0 bridgehead atoms. The molecule has 1 spiro atoms.